The maximum absolute atomic E-state index is 12.9. The molecule has 0 spiro atoms. The van der Waals surface area contributed by atoms with Crippen molar-refractivity contribution in [2.75, 3.05) is 6.61 Å². The van der Waals surface area contributed by atoms with E-state index in [1.807, 2.05) is 56.3 Å². The standard InChI is InChI=1S/C22H27BrN2O3/c1-4-16(2)24-22(27)17(3)25(14-18-10-12-19(23)13-11-18)21(26)15-28-20-8-6-5-7-9-20/h5-13,16-17H,4,14-15H2,1-3H3,(H,24,27)/t16-,17-/m0/s1. The maximum atomic E-state index is 12.9. The first-order valence-corrected chi connectivity index (χ1v) is 10.2. The van der Waals surface area contributed by atoms with Crippen molar-refractivity contribution in [1.82, 2.24) is 10.2 Å². The van der Waals surface area contributed by atoms with Gasteiger partial charge >= 0.3 is 0 Å². The summed E-state index contributed by atoms with van der Waals surface area (Å²) >= 11 is 3.41. The molecule has 2 amide bonds. The molecule has 0 aliphatic heterocycles. The largest absolute Gasteiger partial charge is 0.484 e. The highest BCUT2D eigenvalue weighted by atomic mass is 79.9. The lowest BCUT2D eigenvalue weighted by Gasteiger charge is -2.29. The molecule has 0 fully saturated rings. The van der Waals surface area contributed by atoms with Gasteiger partial charge in [-0.15, -0.1) is 0 Å². The summed E-state index contributed by atoms with van der Waals surface area (Å²) in [6.45, 7) is 5.91. The Morgan fingerprint density at radius 2 is 1.71 bits per heavy atom. The minimum Gasteiger partial charge on any atom is -0.484 e. The second-order valence-corrected chi connectivity index (χ2v) is 7.66. The van der Waals surface area contributed by atoms with E-state index < -0.39 is 6.04 Å². The molecule has 0 aromatic heterocycles. The summed E-state index contributed by atoms with van der Waals surface area (Å²) < 4.78 is 6.57. The van der Waals surface area contributed by atoms with E-state index in [2.05, 4.69) is 21.2 Å². The van der Waals surface area contributed by atoms with Gasteiger partial charge in [0.25, 0.3) is 5.91 Å². The summed E-state index contributed by atoms with van der Waals surface area (Å²) in [6, 6.07) is 16.3. The van der Waals surface area contributed by atoms with Crippen LogP contribution in [-0.2, 0) is 16.1 Å². The third-order valence-electron chi connectivity index (χ3n) is 4.54. The number of rotatable bonds is 9. The fraction of sp³-hybridized carbons (Fsp3) is 0.364. The van der Waals surface area contributed by atoms with Crippen LogP contribution in [0.5, 0.6) is 5.75 Å². The Labute approximate surface area is 175 Å². The van der Waals surface area contributed by atoms with E-state index in [0.717, 1.165) is 16.5 Å². The fourth-order valence-corrected chi connectivity index (χ4v) is 2.84. The Balaban J connectivity index is 2.12. The number of carbonyl (C=O) groups excluding carboxylic acids is 2. The number of hydrogen-bond donors (Lipinski definition) is 1. The lowest BCUT2D eigenvalue weighted by Crippen LogP contribution is -2.50. The van der Waals surface area contributed by atoms with Gasteiger partial charge in [-0.1, -0.05) is 53.2 Å². The first kappa shape index (κ1) is 22.0. The molecule has 0 bridgehead atoms. The van der Waals surface area contributed by atoms with Crippen molar-refractivity contribution in [3.05, 3.63) is 64.6 Å². The average Bonchev–Trinajstić information content (AvgIpc) is 2.71. The Kier molecular flexibility index (Phi) is 8.51. The smallest absolute Gasteiger partial charge is 0.261 e. The molecule has 5 nitrogen and oxygen atoms in total. The first-order chi connectivity index (χ1) is 13.4. The third-order valence-corrected chi connectivity index (χ3v) is 5.07. The van der Waals surface area contributed by atoms with Gasteiger partial charge in [0.2, 0.25) is 5.91 Å². The van der Waals surface area contributed by atoms with E-state index in [-0.39, 0.29) is 24.5 Å². The van der Waals surface area contributed by atoms with Crippen LogP contribution in [-0.4, -0.2) is 35.4 Å². The second-order valence-electron chi connectivity index (χ2n) is 6.74. The van der Waals surface area contributed by atoms with Crippen molar-refractivity contribution in [2.45, 2.75) is 45.8 Å². The molecule has 0 saturated carbocycles. The molecular formula is C22H27BrN2O3. The van der Waals surface area contributed by atoms with Crippen LogP contribution in [0.15, 0.2) is 59.1 Å². The summed E-state index contributed by atoms with van der Waals surface area (Å²) in [7, 11) is 0. The van der Waals surface area contributed by atoms with Crippen molar-refractivity contribution in [3.8, 4) is 5.75 Å². The van der Waals surface area contributed by atoms with Crippen LogP contribution >= 0.6 is 15.9 Å². The quantitative estimate of drug-likeness (QED) is 0.628. The summed E-state index contributed by atoms with van der Waals surface area (Å²) in [6.07, 6.45) is 0.830. The van der Waals surface area contributed by atoms with Crippen LogP contribution in [0.2, 0.25) is 0 Å². The third kappa shape index (κ3) is 6.68. The predicted molar refractivity (Wildman–Crippen MR) is 114 cm³/mol. The second kappa shape index (κ2) is 10.9. The molecular weight excluding hydrogens is 420 g/mol. The normalized spacial score (nSPS) is 12.7. The van der Waals surface area contributed by atoms with Gasteiger partial charge in [0, 0.05) is 17.1 Å². The van der Waals surface area contributed by atoms with Crippen LogP contribution in [0.3, 0.4) is 0 Å². The number of amides is 2. The van der Waals surface area contributed by atoms with Crippen LogP contribution < -0.4 is 10.1 Å². The van der Waals surface area contributed by atoms with Crippen molar-refractivity contribution in [2.24, 2.45) is 0 Å². The van der Waals surface area contributed by atoms with Gasteiger partial charge in [-0.25, -0.2) is 0 Å². The molecule has 0 saturated heterocycles. The van der Waals surface area contributed by atoms with Crippen molar-refractivity contribution >= 4 is 27.7 Å². The molecule has 0 aliphatic carbocycles. The van der Waals surface area contributed by atoms with E-state index in [0.29, 0.717) is 12.3 Å². The molecule has 28 heavy (non-hydrogen) atoms. The van der Waals surface area contributed by atoms with Gasteiger partial charge in [0.05, 0.1) is 0 Å². The molecule has 2 aromatic rings. The van der Waals surface area contributed by atoms with Crippen molar-refractivity contribution < 1.29 is 14.3 Å². The van der Waals surface area contributed by atoms with Gasteiger partial charge in [0.1, 0.15) is 11.8 Å². The van der Waals surface area contributed by atoms with Gasteiger partial charge in [-0.3, -0.25) is 9.59 Å². The predicted octanol–water partition coefficient (Wildman–Crippen LogP) is 4.16. The number of para-hydroxylation sites is 1. The van der Waals surface area contributed by atoms with Gasteiger partial charge in [-0.05, 0) is 50.1 Å². The van der Waals surface area contributed by atoms with Crippen molar-refractivity contribution in [3.63, 3.8) is 0 Å². The number of carbonyl (C=O) groups is 2. The number of hydrogen-bond acceptors (Lipinski definition) is 3. The molecule has 0 aliphatic rings. The molecule has 6 heteroatoms. The van der Waals surface area contributed by atoms with Crippen LogP contribution in [0.4, 0.5) is 0 Å². The Morgan fingerprint density at radius 3 is 2.32 bits per heavy atom. The zero-order valence-corrected chi connectivity index (χ0v) is 18.1. The molecule has 0 unspecified atom stereocenters. The monoisotopic (exact) mass is 446 g/mol. The minimum absolute atomic E-state index is 0.0557. The zero-order valence-electron chi connectivity index (χ0n) is 16.5. The summed E-state index contributed by atoms with van der Waals surface area (Å²) in [5.41, 5.74) is 0.944. The first-order valence-electron chi connectivity index (χ1n) is 9.42. The zero-order chi connectivity index (χ0) is 20.5. The number of benzene rings is 2. The van der Waals surface area contributed by atoms with E-state index in [4.69, 9.17) is 4.74 Å². The van der Waals surface area contributed by atoms with E-state index in [9.17, 15) is 9.59 Å². The highest BCUT2D eigenvalue weighted by Gasteiger charge is 2.27. The molecule has 2 rings (SSSR count). The fourth-order valence-electron chi connectivity index (χ4n) is 2.58. The summed E-state index contributed by atoms with van der Waals surface area (Å²) in [5.74, 6) is 0.217. The highest BCUT2D eigenvalue weighted by molar-refractivity contribution is 9.10. The molecule has 2 aromatic carbocycles. The molecule has 2 atom stereocenters. The summed E-state index contributed by atoms with van der Waals surface area (Å²) in [4.78, 5) is 27.1. The van der Waals surface area contributed by atoms with Crippen LogP contribution in [0.1, 0.15) is 32.8 Å². The van der Waals surface area contributed by atoms with E-state index >= 15 is 0 Å². The Hall–Kier alpha value is -2.34. The lowest BCUT2D eigenvalue weighted by molar-refractivity contribution is -0.142. The number of nitrogens with zero attached hydrogens (tertiary/aromatic N) is 1. The van der Waals surface area contributed by atoms with E-state index in [1.54, 1.807) is 24.0 Å². The average molecular weight is 447 g/mol. The van der Waals surface area contributed by atoms with Gasteiger partial charge in [-0.2, -0.15) is 0 Å². The minimum atomic E-state index is -0.607. The molecule has 1 N–H and O–H groups in total. The Morgan fingerprint density at radius 1 is 1.07 bits per heavy atom. The van der Waals surface area contributed by atoms with Gasteiger partial charge in [0.15, 0.2) is 6.61 Å². The van der Waals surface area contributed by atoms with E-state index in [1.165, 1.54) is 0 Å². The number of ether oxygens (including phenoxy) is 1. The SMILES string of the molecule is CC[C@H](C)NC(=O)[C@H](C)N(Cc1ccc(Br)cc1)C(=O)COc1ccccc1. The molecule has 0 heterocycles. The number of nitrogens with one attached hydrogen (secondary N) is 1. The highest BCUT2D eigenvalue weighted by Crippen LogP contribution is 2.15. The maximum Gasteiger partial charge on any atom is 0.261 e. The molecule has 0 radical (unpaired) electrons. The van der Waals surface area contributed by atoms with Gasteiger partial charge < -0.3 is 15.0 Å². The van der Waals surface area contributed by atoms with Crippen LogP contribution in [0.25, 0.3) is 0 Å². The topological polar surface area (TPSA) is 58.6 Å². The number of halogens is 1. The Bertz CT molecular complexity index is 765. The lowest BCUT2D eigenvalue weighted by atomic mass is 10.1. The summed E-state index contributed by atoms with van der Waals surface area (Å²) in [5, 5.41) is 2.95. The van der Waals surface area contributed by atoms with Crippen molar-refractivity contribution in [1.29, 1.82) is 0 Å². The molecule has 150 valence electrons. The van der Waals surface area contributed by atoms with Crippen LogP contribution in [0, 0.1) is 0 Å².